The van der Waals surface area contributed by atoms with E-state index >= 15 is 0 Å². The van der Waals surface area contributed by atoms with Crippen molar-refractivity contribution in [3.05, 3.63) is 91.0 Å². The second kappa shape index (κ2) is 6.15. The number of hydrogen-bond acceptors (Lipinski definition) is 1. The highest BCUT2D eigenvalue weighted by atomic mass is 28.3. The van der Waals surface area contributed by atoms with Gasteiger partial charge in [-0.15, -0.1) is 0 Å². The largest absolute Gasteiger partial charge is 0.313 e. The van der Waals surface area contributed by atoms with Crippen LogP contribution in [0, 0.1) is 0 Å². The van der Waals surface area contributed by atoms with E-state index in [0.29, 0.717) is 0 Å². The van der Waals surface area contributed by atoms with E-state index in [4.69, 9.17) is 0 Å². The Morgan fingerprint density at radius 3 is 1.13 bits per heavy atom. The summed E-state index contributed by atoms with van der Waals surface area (Å²) >= 11 is 0. The Balaban J connectivity index is 2.02. The third-order valence-corrected chi connectivity index (χ3v) is 9.81. The Kier molecular flexibility index (Phi) is 3.86. The van der Waals surface area contributed by atoms with Crippen molar-refractivity contribution in [2.45, 2.75) is 6.42 Å². The molecule has 3 aromatic rings. The Morgan fingerprint density at radius 2 is 0.870 bits per heavy atom. The summed E-state index contributed by atoms with van der Waals surface area (Å²) in [6.07, 6.45) is 1.31. The van der Waals surface area contributed by atoms with Gasteiger partial charge in [-0.2, -0.15) is 0 Å². The first kappa shape index (κ1) is 14.4. The molecule has 0 atom stereocenters. The molecule has 1 fully saturated rings. The highest BCUT2D eigenvalue weighted by molar-refractivity contribution is 7.09. The molecule has 0 aliphatic carbocycles. The molecular formula is C21H21NSi. The van der Waals surface area contributed by atoms with Crippen LogP contribution in [0.5, 0.6) is 0 Å². The zero-order valence-corrected chi connectivity index (χ0v) is 14.2. The molecule has 0 radical (unpaired) electrons. The van der Waals surface area contributed by atoms with E-state index in [9.17, 15) is 0 Å². The fourth-order valence-corrected chi connectivity index (χ4v) is 8.84. The molecule has 23 heavy (non-hydrogen) atoms. The van der Waals surface area contributed by atoms with Gasteiger partial charge in [-0.25, -0.2) is 0 Å². The van der Waals surface area contributed by atoms with Crippen molar-refractivity contribution in [3.8, 4) is 0 Å². The second-order valence-corrected chi connectivity index (χ2v) is 9.93. The van der Waals surface area contributed by atoms with Crippen LogP contribution in [0.2, 0.25) is 0 Å². The van der Waals surface area contributed by atoms with Crippen molar-refractivity contribution < 1.29 is 0 Å². The molecule has 0 unspecified atom stereocenters. The summed E-state index contributed by atoms with van der Waals surface area (Å²) in [6, 6.07) is 33.4. The van der Waals surface area contributed by atoms with Gasteiger partial charge in [-0.05, 0) is 35.1 Å². The maximum Gasteiger partial charge on any atom is 0.224 e. The first-order valence-electron chi connectivity index (χ1n) is 8.34. The van der Waals surface area contributed by atoms with Crippen LogP contribution < -0.4 is 15.6 Å². The van der Waals surface area contributed by atoms with Gasteiger partial charge in [-0.3, -0.25) is 0 Å². The van der Waals surface area contributed by atoms with Gasteiger partial charge in [0.2, 0.25) is 8.24 Å². The molecule has 2 heteroatoms. The van der Waals surface area contributed by atoms with Crippen LogP contribution in [0.3, 0.4) is 0 Å². The minimum absolute atomic E-state index is 1.20. The highest BCUT2D eigenvalue weighted by Gasteiger charge is 2.47. The Labute approximate surface area is 139 Å². The van der Waals surface area contributed by atoms with Gasteiger partial charge in [0.05, 0.1) is 0 Å². The molecular weight excluding hydrogens is 294 g/mol. The molecule has 1 aliphatic heterocycles. The van der Waals surface area contributed by atoms with Gasteiger partial charge >= 0.3 is 0 Å². The monoisotopic (exact) mass is 315 g/mol. The predicted molar refractivity (Wildman–Crippen MR) is 100 cm³/mol. The summed E-state index contributed by atoms with van der Waals surface area (Å²) < 4.78 is 2.74. The third-order valence-electron chi connectivity index (χ3n) is 4.91. The molecule has 0 spiro atoms. The Morgan fingerprint density at radius 1 is 0.522 bits per heavy atom. The zero-order valence-electron chi connectivity index (χ0n) is 13.2. The maximum atomic E-state index is 2.74. The van der Waals surface area contributed by atoms with Crippen molar-refractivity contribution in [1.82, 2.24) is 4.57 Å². The first-order valence-corrected chi connectivity index (χ1v) is 10.3. The van der Waals surface area contributed by atoms with Gasteiger partial charge in [0.15, 0.2) is 0 Å². The summed E-state index contributed by atoms with van der Waals surface area (Å²) in [7, 11) is -2.11. The van der Waals surface area contributed by atoms with Gasteiger partial charge < -0.3 is 4.57 Å². The normalized spacial score (nSPS) is 15.1. The summed E-state index contributed by atoms with van der Waals surface area (Å²) in [5.41, 5.74) is 0. The van der Waals surface area contributed by atoms with Crippen LogP contribution in [0.15, 0.2) is 91.0 Å². The average Bonchev–Trinajstić information content (AvgIpc) is 2.60. The Hall–Kier alpha value is -2.16. The van der Waals surface area contributed by atoms with Crippen molar-refractivity contribution in [2.75, 3.05) is 13.1 Å². The second-order valence-electron chi connectivity index (χ2n) is 6.15. The number of hydrogen-bond donors (Lipinski definition) is 0. The van der Waals surface area contributed by atoms with Gasteiger partial charge in [-0.1, -0.05) is 91.0 Å². The fraction of sp³-hybridized carbons (Fsp3) is 0.143. The van der Waals surface area contributed by atoms with Crippen molar-refractivity contribution in [1.29, 1.82) is 0 Å². The third kappa shape index (κ3) is 2.35. The number of benzene rings is 3. The topological polar surface area (TPSA) is 3.24 Å². The molecule has 0 aromatic heterocycles. The molecule has 1 heterocycles. The van der Waals surface area contributed by atoms with Crippen molar-refractivity contribution in [3.63, 3.8) is 0 Å². The molecule has 0 amide bonds. The van der Waals surface area contributed by atoms with Crippen molar-refractivity contribution >= 4 is 23.8 Å². The molecule has 0 N–H and O–H groups in total. The lowest BCUT2D eigenvalue weighted by Gasteiger charge is -2.48. The summed E-state index contributed by atoms with van der Waals surface area (Å²) in [6.45, 7) is 2.40. The van der Waals surface area contributed by atoms with Gasteiger partial charge in [0.25, 0.3) is 0 Å². The highest BCUT2D eigenvalue weighted by Crippen LogP contribution is 2.19. The Bertz CT molecular complexity index is 655. The van der Waals surface area contributed by atoms with Crippen LogP contribution in [0.4, 0.5) is 0 Å². The molecule has 1 nitrogen and oxygen atoms in total. The summed E-state index contributed by atoms with van der Waals surface area (Å²) in [4.78, 5) is 0. The molecule has 4 rings (SSSR count). The molecule has 1 aliphatic rings. The van der Waals surface area contributed by atoms with Gasteiger partial charge in [0.1, 0.15) is 0 Å². The van der Waals surface area contributed by atoms with E-state index in [0.717, 1.165) is 0 Å². The van der Waals surface area contributed by atoms with Crippen LogP contribution in [0.1, 0.15) is 6.42 Å². The summed E-state index contributed by atoms with van der Waals surface area (Å²) in [5.74, 6) is 0. The molecule has 3 aromatic carbocycles. The number of rotatable bonds is 4. The van der Waals surface area contributed by atoms with E-state index in [1.165, 1.54) is 35.1 Å². The van der Waals surface area contributed by atoms with E-state index in [2.05, 4.69) is 95.6 Å². The lowest BCUT2D eigenvalue weighted by atomic mass is 10.3. The molecule has 0 saturated carbocycles. The van der Waals surface area contributed by atoms with E-state index in [1.54, 1.807) is 0 Å². The maximum absolute atomic E-state index is 2.74. The average molecular weight is 315 g/mol. The van der Waals surface area contributed by atoms with Gasteiger partial charge in [0, 0.05) is 0 Å². The molecule has 0 bridgehead atoms. The van der Waals surface area contributed by atoms with Crippen LogP contribution in [-0.4, -0.2) is 25.9 Å². The lowest BCUT2D eigenvalue weighted by molar-refractivity contribution is 0.312. The number of nitrogens with zero attached hydrogens (tertiary/aromatic N) is 1. The van der Waals surface area contributed by atoms with E-state index in [-0.39, 0.29) is 0 Å². The van der Waals surface area contributed by atoms with Crippen molar-refractivity contribution in [2.24, 2.45) is 0 Å². The smallest absolute Gasteiger partial charge is 0.224 e. The molecule has 1 saturated heterocycles. The zero-order chi connectivity index (χ0) is 15.5. The summed E-state index contributed by atoms with van der Waals surface area (Å²) in [5, 5.41) is 4.45. The standard InChI is InChI=1S/C21H21NSi/c1-4-11-19(12-5-1)23(22-17-10-18-22,20-13-6-2-7-14-20)21-15-8-3-9-16-21/h1-9,11-16H,10,17-18H2. The van der Waals surface area contributed by atoms with E-state index < -0.39 is 8.24 Å². The van der Waals surface area contributed by atoms with Crippen LogP contribution in [-0.2, 0) is 0 Å². The van der Waals surface area contributed by atoms with Crippen LogP contribution in [0.25, 0.3) is 0 Å². The quantitative estimate of drug-likeness (QED) is 0.528. The van der Waals surface area contributed by atoms with E-state index in [1.807, 2.05) is 0 Å². The minimum Gasteiger partial charge on any atom is -0.313 e. The SMILES string of the molecule is c1ccc([Si](c2ccccc2)(c2ccccc2)N2CCC2)cc1. The lowest BCUT2D eigenvalue weighted by Crippen LogP contribution is -2.79. The minimum atomic E-state index is -2.11. The predicted octanol–water partition coefficient (Wildman–Crippen LogP) is 2.36. The van der Waals surface area contributed by atoms with Crippen LogP contribution >= 0.6 is 0 Å². The fourth-order valence-electron chi connectivity index (χ4n) is 3.74. The first-order chi connectivity index (χ1) is 11.4. The molecule has 114 valence electrons.